The standard InChI is InChI=1S/C16H18FNS/c17-16-4-2-1-3-15(16)13(10-18-14-5-6-14)9-12-7-8-19-11-12/h1-4,7-8,11,13-14,18H,5-6,9-10H2. The molecule has 19 heavy (non-hydrogen) atoms. The Balaban J connectivity index is 1.76. The van der Waals surface area contributed by atoms with Crippen LogP contribution in [0.1, 0.15) is 29.9 Å². The minimum atomic E-state index is -0.0830. The fraction of sp³-hybridized carbons (Fsp3) is 0.375. The van der Waals surface area contributed by atoms with Gasteiger partial charge < -0.3 is 5.32 Å². The van der Waals surface area contributed by atoms with Crippen LogP contribution in [0.2, 0.25) is 0 Å². The quantitative estimate of drug-likeness (QED) is 0.841. The summed E-state index contributed by atoms with van der Waals surface area (Å²) in [6, 6.07) is 9.96. The monoisotopic (exact) mass is 275 g/mol. The highest BCUT2D eigenvalue weighted by Gasteiger charge is 2.23. The van der Waals surface area contributed by atoms with Gasteiger partial charge in [0.15, 0.2) is 0 Å². The van der Waals surface area contributed by atoms with Crippen molar-refractivity contribution in [2.24, 2.45) is 0 Å². The SMILES string of the molecule is Fc1ccccc1C(CNC1CC1)Cc1ccsc1. The number of nitrogens with one attached hydrogen (secondary N) is 1. The van der Waals surface area contributed by atoms with Crippen molar-refractivity contribution >= 4 is 11.3 Å². The average molecular weight is 275 g/mol. The molecule has 1 atom stereocenters. The molecule has 0 radical (unpaired) electrons. The normalized spacial score (nSPS) is 16.5. The molecule has 1 aliphatic carbocycles. The van der Waals surface area contributed by atoms with Crippen molar-refractivity contribution in [3.8, 4) is 0 Å². The Bertz CT molecular complexity index is 519. The zero-order valence-electron chi connectivity index (χ0n) is 10.8. The first-order chi connectivity index (χ1) is 9.33. The van der Waals surface area contributed by atoms with E-state index in [1.807, 2.05) is 12.1 Å². The Kier molecular flexibility index (Phi) is 3.95. The lowest BCUT2D eigenvalue weighted by Gasteiger charge is -2.18. The molecule has 3 rings (SSSR count). The number of rotatable bonds is 6. The van der Waals surface area contributed by atoms with Gasteiger partial charge >= 0.3 is 0 Å². The van der Waals surface area contributed by atoms with E-state index in [1.165, 1.54) is 18.4 Å². The number of benzene rings is 1. The number of thiophene rings is 1. The van der Waals surface area contributed by atoms with Crippen LogP contribution in [0.4, 0.5) is 4.39 Å². The largest absolute Gasteiger partial charge is 0.313 e. The van der Waals surface area contributed by atoms with Gasteiger partial charge in [-0.25, -0.2) is 4.39 Å². The smallest absolute Gasteiger partial charge is 0.126 e. The van der Waals surface area contributed by atoms with Crippen molar-refractivity contribution in [1.29, 1.82) is 0 Å². The lowest BCUT2D eigenvalue weighted by molar-refractivity contribution is 0.536. The van der Waals surface area contributed by atoms with Gasteiger partial charge in [-0.15, -0.1) is 0 Å². The van der Waals surface area contributed by atoms with Gasteiger partial charge in [0, 0.05) is 18.5 Å². The Labute approximate surface area is 117 Å². The Morgan fingerprint density at radius 2 is 2.11 bits per heavy atom. The number of hydrogen-bond donors (Lipinski definition) is 1. The maximum absolute atomic E-state index is 14.0. The second-order valence-corrected chi connectivity index (χ2v) is 6.02. The summed E-state index contributed by atoms with van der Waals surface area (Å²) in [4.78, 5) is 0. The van der Waals surface area contributed by atoms with Gasteiger partial charge in [-0.3, -0.25) is 0 Å². The summed E-state index contributed by atoms with van der Waals surface area (Å²) >= 11 is 1.70. The highest BCUT2D eigenvalue weighted by atomic mass is 32.1. The molecule has 1 aliphatic rings. The molecule has 1 aromatic heterocycles. The van der Waals surface area contributed by atoms with Crippen molar-refractivity contribution in [3.05, 3.63) is 58.0 Å². The van der Waals surface area contributed by atoms with E-state index in [1.54, 1.807) is 23.5 Å². The third-order valence-electron chi connectivity index (χ3n) is 3.64. The molecular formula is C16H18FNS. The summed E-state index contributed by atoms with van der Waals surface area (Å²) in [5.41, 5.74) is 2.14. The molecule has 0 aliphatic heterocycles. The first-order valence-corrected chi connectivity index (χ1v) is 7.76. The molecular weight excluding hydrogens is 257 g/mol. The molecule has 1 fully saturated rings. The van der Waals surface area contributed by atoms with Crippen molar-refractivity contribution in [3.63, 3.8) is 0 Å². The molecule has 0 amide bonds. The van der Waals surface area contributed by atoms with Crippen molar-refractivity contribution < 1.29 is 4.39 Å². The minimum absolute atomic E-state index is 0.0830. The van der Waals surface area contributed by atoms with E-state index in [0.29, 0.717) is 6.04 Å². The van der Waals surface area contributed by atoms with Crippen LogP contribution in [0.3, 0.4) is 0 Å². The van der Waals surface area contributed by atoms with Crippen LogP contribution in [0, 0.1) is 5.82 Å². The summed E-state index contributed by atoms with van der Waals surface area (Å²) < 4.78 is 14.0. The maximum atomic E-state index is 14.0. The van der Waals surface area contributed by atoms with Crippen LogP contribution in [0.25, 0.3) is 0 Å². The summed E-state index contributed by atoms with van der Waals surface area (Å²) in [6.45, 7) is 0.863. The second kappa shape index (κ2) is 5.85. The van der Waals surface area contributed by atoms with Gasteiger partial charge in [0.1, 0.15) is 5.82 Å². The predicted octanol–water partition coefficient (Wildman–Crippen LogP) is 3.97. The molecule has 1 heterocycles. The molecule has 100 valence electrons. The van der Waals surface area contributed by atoms with Crippen molar-refractivity contribution in [2.75, 3.05) is 6.54 Å². The van der Waals surface area contributed by atoms with Gasteiger partial charge in [-0.2, -0.15) is 11.3 Å². The maximum Gasteiger partial charge on any atom is 0.126 e. The first kappa shape index (κ1) is 12.8. The molecule has 0 bridgehead atoms. The fourth-order valence-electron chi connectivity index (χ4n) is 2.39. The van der Waals surface area contributed by atoms with E-state index in [0.717, 1.165) is 18.5 Å². The van der Waals surface area contributed by atoms with E-state index in [-0.39, 0.29) is 11.7 Å². The molecule has 1 N–H and O–H groups in total. The van der Waals surface area contributed by atoms with Gasteiger partial charge in [-0.05, 0) is 53.3 Å². The highest BCUT2D eigenvalue weighted by Crippen LogP contribution is 2.26. The summed E-state index contributed by atoms with van der Waals surface area (Å²) in [5, 5.41) is 7.77. The van der Waals surface area contributed by atoms with Gasteiger partial charge in [0.2, 0.25) is 0 Å². The van der Waals surface area contributed by atoms with E-state index in [9.17, 15) is 4.39 Å². The van der Waals surface area contributed by atoms with Crippen LogP contribution in [0.5, 0.6) is 0 Å². The molecule has 1 saturated carbocycles. The number of hydrogen-bond acceptors (Lipinski definition) is 2. The third-order valence-corrected chi connectivity index (χ3v) is 4.37. The Morgan fingerprint density at radius 3 is 2.79 bits per heavy atom. The highest BCUT2D eigenvalue weighted by molar-refractivity contribution is 7.07. The zero-order valence-corrected chi connectivity index (χ0v) is 11.6. The van der Waals surface area contributed by atoms with Gasteiger partial charge in [0.05, 0.1) is 0 Å². The van der Waals surface area contributed by atoms with E-state index >= 15 is 0 Å². The van der Waals surface area contributed by atoms with Crippen molar-refractivity contribution in [2.45, 2.75) is 31.2 Å². The van der Waals surface area contributed by atoms with Crippen LogP contribution in [0.15, 0.2) is 41.1 Å². The third kappa shape index (κ3) is 3.43. The van der Waals surface area contributed by atoms with Crippen LogP contribution < -0.4 is 5.32 Å². The van der Waals surface area contributed by atoms with E-state index < -0.39 is 0 Å². The fourth-order valence-corrected chi connectivity index (χ4v) is 3.07. The van der Waals surface area contributed by atoms with Crippen molar-refractivity contribution in [1.82, 2.24) is 5.32 Å². The summed E-state index contributed by atoms with van der Waals surface area (Å²) in [7, 11) is 0. The van der Waals surface area contributed by atoms with Crippen LogP contribution in [-0.2, 0) is 6.42 Å². The summed E-state index contributed by atoms with van der Waals surface area (Å²) in [5.74, 6) is 0.136. The van der Waals surface area contributed by atoms with E-state index in [4.69, 9.17) is 0 Å². The average Bonchev–Trinajstić information content (AvgIpc) is 3.11. The molecule has 1 aromatic carbocycles. The second-order valence-electron chi connectivity index (χ2n) is 5.24. The van der Waals surface area contributed by atoms with Gasteiger partial charge in [-0.1, -0.05) is 18.2 Å². The van der Waals surface area contributed by atoms with Crippen LogP contribution in [-0.4, -0.2) is 12.6 Å². The predicted molar refractivity (Wildman–Crippen MR) is 78.2 cm³/mol. The molecule has 3 heteroatoms. The first-order valence-electron chi connectivity index (χ1n) is 6.82. The lowest BCUT2D eigenvalue weighted by atomic mass is 9.92. The van der Waals surface area contributed by atoms with E-state index in [2.05, 4.69) is 22.1 Å². The molecule has 1 nitrogen and oxygen atoms in total. The molecule has 0 spiro atoms. The van der Waals surface area contributed by atoms with Gasteiger partial charge in [0.25, 0.3) is 0 Å². The molecule has 1 unspecified atom stereocenters. The summed E-state index contributed by atoms with van der Waals surface area (Å²) in [6.07, 6.45) is 3.44. The molecule has 0 saturated heterocycles. The lowest BCUT2D eigenvalue weighted by Crippen LogP contribution is -2.25. The zero-order chi connectivity index (χ0) is 13.1. The number of halogens is 1. The Morgan fingerprint density at radius 1 is 1.26 bits per heavy atom. The minimum Gasteiger partial charge on any atom is -0.313 e. The Hall–Kier alpha value is -1.19. The molecule has 2 aromatic rings. The van der Waals surface area contributed by atoms with Crippen LogP contribution >= 0.6 is 11.3 Å². The topological polar surface area (TPSA) is 12.0 Å².